The van der Waals surface area contributed by atoms with Crippen LogP contribution in [-0.2, 0) is 14.3 Å². The molecule has 1 aliphatic heterocycles. The second-order valence-corrected chi connectivity index (χ2v) is 8.91. The van der Waals surface area contributed by atoms with Crippen molar-refractivity contribution in [3.63, 3.8) is 0 Å². The van der Waals surface area contributed by atoms with Crippen LogP contribution in [0, 0.1) is 6.92 Å². The number of rotatable bonds is 5. The van der Waals surface area contributed by atoms with E-state index < -0.39 is 23.7 Å². The first-order chi connectivity index (χ1) is 13.7. The van der Waals surface area contributed by atoms with E-state index in [2.05, 4.69) is 5.32 Å². The molecule has 1 N–H and O–H groups in total. The number of esters is 1. The van der Waals surface area contributed by atoms with E-state index in [4.69, 9.17) is 4.74 Å². The molecule has 6 nitrogen and oxygen atoms in total. The lowest BCUT2D eigenvalue weighted by Gasteiger charge is -2.30. The molecule has 7 heteroatoms. The molecule has 0 unspecified atom stereocenters. The molecule has 0 bridgehead atoms. The van der Waals surface area contributed by atoms with Gasteiger partial charge in [-0.25, -0.2) is 4.79 Å². The Hall–Kier alpha value is -2.67. The van der Waals surface area contributed by atoms with Gasteiger partial charge >= 0.3 is 5.97 Å². The zero-order valence-corrected chi connectivity index (χ0v) is 17.9. The third kappa shape index (κ3) is 4.85. The van der Waals surface area contributed by atoms with Crippen molar-refractivity contribution in [3.8, 4) is 0 Å². The van der Waals surface area contributed by atoms with Crippen molar-refractivity contribution in [2.75, 3.05) is 6.54 Å². The number of nitrogens with zero attached hydrogens (tertiary/aromatic N) is 1. The van der Waals surface area contributed by atoms with E-state index in [0.29, 0.717) is 24.1 Å². The van der Waals surface area contributed by atoms with Crippen molar-refractivity contribution < 1.29 is 19.1 Å². The average molecular weight is 415 g/mol. The van der Waals surface area contributed by atoms with Crippen molar-refractivity contribution in [1.29, 1.82) is 0 Å². The molecule has 2 heterocycles. The molecule has 0 saturated carbocycles. The quantitative estimate of drug-likeness (QED) is 0.760. The molecule has 0 radical (unpaired) electrons. The van der Waals surface area contributed by atoms with E-state index in [1.54, 1.807) is 26.2 Å². The van der Waals surface area contributed by atoms with Gasteiger partial charge in [0.25, 0.3) is 5.91 Å². The van der Waals surface area contributed by atoms with Crippen LogP contribution in [0.25, 0.3) is 0 Å². The van der Waals surface area contributed by atoms with Crippen LogP contribution < -0.4 is 5.32 Å². The standard InChI is InChI=1S/C22H26N2O4S/c1-14-12-29-13-16(14)19(25)23-17-10-11-24(20(17)26)18(15-8-6-5-7-9-15)21(27)28-22(2,3)4/h5-9,12-13,17-18H,10-11H2,1-4H3,(H,23,25)/t17-,18+/m0/s1. The number of amides is 2. The molecule has 1 aromatic heterocycles. The molecule has 0 aliphatic carbocycles. The number of benzene rings is 1. The Bertz CT molecular complexity index is 901. The number of nitrogens with one attached hydrogen (secondary N) is 1. The molecule has 2 amide bonds. The fourth-order valence-corrected chi connectivity index (χ4v) is 4.19. The van der Waals surface area contributed by atoms with Gasteiger partial charge in [0.05, 0.1) is 5.56 Å². The molecular weight excluding hydrogens is 388 g/mol. The van der Waals surface area contributed by atoms with Crippen molar-refractivity contribution in [2.45, 2.75) is 51.8 Å². The minimum atomic E-state index is -0.840. The minimum Gasteiger partial charge on any atom is -0.458 e. The van der Waals surface area contributed by atoms with Crippen LogP contribution in [0.5, 0.6) is 0 Å². The summed E-state index contributed by atoms with van der Waals surface area (Å²) in [5, 5.41) is 6.49. The number of thiophene rings is 1. The monoisotopic (exact) mass is 414 g/mol. The zero-order valence-electron chi connectivity index (χ0n) is 17.1. The van der Waals surface area contributed by atoms with Crippen molar-refractivity contribution in [2.24, 2.45) is 0 Å². The summed E-state index contributed by atoms with van der Waals surface area (Å²) < 4.78 is 5.59. The topological polar surface area (TPSA) is 75.7 Å². The first-order valence-electron chi connectivity index (χ1n) is 9.59. The van der Waals surface area contributed by atoms with Crippen LogP contribution >= 0.6 is 11.3 Å². The molecule has 0 spiro atoms. The third-order valence-electron chi connectivity index (χ3n) is 4.70. The normalized spacial score (nSPS) is 17.9. The molecular formula is C22H26N2O4S. The van der Waals surface area contributed by atoms with Crippen LogP contribution in [0.2, 0.25) is 0 Å². The Morgan fingerprint density at radius 1 is 1.21 bits per heavy atom. The molecule has 1 fully saturated rings. The van der Waals surface area contributed by atoms with E-state index in [0.717, 1.165) is 5.56 Å². The summed E-state index contributed by atoms with van der Waals surface area (Å²) in [5.74, 6) is -1.01. The molecule has 1 aromatic carbocycles. The Kier molecular flexibility index (Phi) is 6.07. The minimum absolute atomic E-state index is 0.266. The lowest BCUT2D eigenvalue weighted by Crippen LogP contribution is -2.45. The van der Waals surface area contributed by atoms with Crippen LogP contribution in [0.4, 0.5) is 0 Å². The van der Waals surface area contributed by atoms with Crippen LogP contribution in [-0.4, -0.2) is 40.9 Å². The number of carbonyl (C=O) groups is 3. The van der Waals surface area contributed by atoms with Crippen LogP contribution in [0.1, 0.15) is 54.7 Å². The summed E-state index contributed by atoms with van der Waals surface area (Å²) in [4.78, 5) is 40.1. The Morgan fingerprint density at radius 3 is 2.48 bits per heavy atom. The summed E-state index contributed by atoms with van der Waals surface area (Å²) in [6.45, 7) is 7.62. The number of aryl methyl sites for hydroxylation is 1. The number of hydrogen-bond acceptors (Lipinski definition) is 5. The van der Waals surface area contributed by atoms with Gasteiger partial charge in [-0.3, -0.25) is 9.59 Å². The molecule has 1 saturated heterocycles. The second-order valence-electron chi connectivity index (χ2n) is 8.16. The van der Waals surface area contributed by atoms with Gasteiger partial charge in [-0.05, 0) is 50.6 Å². The number of ether oxygens (including phenoxy) is 1. The SMILES string of the molecule is Cc1cscc1C(=O)N[C@H]1CCN([C@@H](C(=O)OC(C)(C)C)c2ccccc2)C1=O. The van der Waals surface area contributed by atoms with Gasteiger partial charge in [0.2, 0.25) is 5.91 Å². The van der Waals surface area contributed by atoms with Crippen LogP contribution in [0.15, 0.2) is 41.1 Å². The highest BCUT2D eigenvalue weighted by Crippen LogP contribution is 2.29. The average Bonchev–Trinajstić information content (AvgIpc) is 3.22. The van der Waals surface area contributed by atoms with Gasteiger partial charge in [-0.15, -0.1) is 0 Å². The summed E-state index contributed by atoms with van der Waals surface area (Å²) in [6, 6.07) is 7.62. The number of carbonyl (C=O) groups excluding carboxylic acids is 3. The molecule has 154 valence electrons. The maximum atomic E-state index is 13.1. The number of likely N-dealkylation sites (tertiary alicyclic amines) is 1. The molecule has 3 rings (SSSR count). The van der Waals surface area contributed by atoms with E-state index >= 15 is 0 Å². The van der Waals surface area contributed by atoms with E-state index in [1.807, 2.05) is 42.6 Å². The smallest absolute Gasteiger partial charge is 0.334 e. The van der Waals surface area contributed by atoms with Gasteiger partial charge in [-0.1, -0.05) is 30.3 Å². The highest BCUT2D eigenvalue weighted by molar-refractivity contribution is 7.08. The Morgan fingerprint density at radius 2 is 1.90 bits per heavy atom. The maximum absolute atomic E-state index is 13.1. The van der Waals surface area contributed by atoms with Crippen molar-refractivity contribution >= 4 is 29.1 Å². The predicted molar refractivity (Wildman–Crippen MR) is 112 cm³/mol. The highest BCUT2D eigenvalue weighted by atomic mass is 32.1. The van der Waals surface area contributed by atoms with Gasteiger partial charge in [-0.2, -0.15) is 11.3 Å². The zero-order chi connectivity index (χ0) is 21.2. The Balaban J connectivity index is 1.80. The van der Waals surface area contributed by atoms with Gasteiger partial charge in [0, 0.05) is 11.9 Å². The second kappa shape index (κ2) is 8.37. The first kappa shape index (κ1) is 21.0. The molecule has 1 aliphatic rings. The lowest BCUT2D eigenvalue weighted by atomic mass is 10.0. The summed E-state index contributed by atoms with van der Waals surface area (Å²) in [7, 11) is 0. The third-order valence-corrected chi connectivity index (χ3v) is 5.56. The number of hydrogen-bond donors (Lipinski definition) is 1. The van der Waals surface area contributed by atoms with Crippen molar-refractivity contribution in [1.82, 2.24) is 10.2 Å². The van der Waals surface area contributed by atoms with Crippen LogP contribution in [0.3, 0.4) is 0 Å². The van der Waals surface area contributed by atoms with E-state index in [-0.39, 0.29) is 11.8 Å². The molecule has 2 atom stereocenters. The molecule has 2 aromatic rings. The largest absolute Gasteiger partial charge is 0.458 e. The Labute approximate surface area is 174 Å². The first-order valence-corrected chi connectivity index (χ1v) is 10.5. The lowest BCUT2D eigenvalue weighted by molar-refractivity contribution is -0.164. The maximum Gasteiger partial charge on any atom is 0.334 e. The van der Waals surface area contributed by atoms with E-state index in [1.165, 1.54) is 16.2 Å². The summed E-state index contributed by atoms with van der Waals surface area (Å²) in [5.41, 5.74) is 1.48. The van der Waals surface area contributed by atoms with Crippen molar-refractivity contribution in [3.05, 3.63) is 57.8 Å². The molecule has 29 heavy (non-hydrogen) atoms. The van der Waals surface area contributed by atoms with Gasteiger partial charge < -0.3 is 15.0 Å². The summed E-state index contributed by atoms with van der Waals surface area (Å²) in [6.07, 6.45) is 0.444. The highest BCUT2D eigenvalue weighted by Gasteiger charge is 2.42. The fraction of sp³-hybridized carbons (Fsp3) is 0.409. The van der Waals surface area contributed by atoms with Gasteiger partial charge in [0.15, 0.2) is 6.04 Å². The van der Waals surface area contributed by atoms with Gasteiger partial charge in [0.1, 0.15) is 11.6 Å². The fourth-order valence-electron chi connectivity index (χ4n) is 3.36. The predicted octanol–water partition coefficient (Wildman–Crippen LogP) is 3.47. The van der Waals surface area contributed by atoms with E-state index in [9.17, 15) is 14.4 Å². The summed E-state index contributed by atoms with van der Waals surface area (Å²) >= 11 is 1.45.